The third-order valence-corrected chi connectivity index (χ3v) is 2.35. The summed E-state index contributed by atoms with van der Waals surface area (Å²) < 4.78 is 0. The Bertz CT molecular complexity index is 333. The van der Waals surface area contributed by atoms with E-state index in [0.717, 1.165) is 11.3 Å². The topological polar surface area (TPSA) is 66.6 Å². The number of aliphatic carboxylic acids is 1. The molecule has 15 heavy (non-hydrogen) atoms. The molecule has 0 heterocycles. The Morgan fingerprint density at radius 2 is 1.93 bits per heavy atom. The summed E-state index contributed by atoms with van der Waals surface area (Å²) >= 11 is 0. The van der Waals surface area contributed by atoms with Gasteiger partial charge in [-0.1, -0.05) is 12.1 Å². The first kappa shape index (κ1) is 11.5. The highest BCUT2D eigenvalue weighted by atomic mass is 16.4. The van der Waals surface area contributed by atoms with Crippen LogP contribution in [-0.4, -0.2) is 31.7 Å². The maximum atomic E-state index is 10.9. The Hall–Kier alpha value is -1.55. The van der Waals surface area contributed by atoms with Crippen molar-refractivity contribution in [3.05, 3.63) is 29.8 Å². The van der Waals surface area contributed by atoms with Crippen LogP contribution in [0.3, 0.4) is 0 Å². The molecule has 4 heteroatoms. The molecule has 1 atom stereocenters. The first-order chi connectivity index (χ1) is 7.06. The molecule has 0 saturated heterocycles. The van der Waals surface area contributed by atoms with Crippen LogP contribution in [0.15, 0.2) is 24.3 Å². The van der Waals surface area contributed by atoms with Gasteiger partial charge in [0, 0.05) is 26.3 Å². The largest absolute Gasteiger partial charge is 0.481 e. The Kier molecular flexibility index (Phi) is 3.68. The van der Waals surface area contributed by atoms with Crippen molar-refractivity contribution >= 4 is 11.7 Å². The van der Waals surface area contributed by atoms with Gasteiger partial charge in [0.25, 0.3) is 0 Å². The maximum absolute atomic E-state index is 10.9. The minimum Gasteiger partial charge on any atom is -0.481 e. The van der Waals surface area contributed by atoms with Crippen molar-refractivity contribution in [3.63, 3.8) is 0 Å². The molecule has 0 aromatic heterocycles. The monoisotopic (exact) mass is 208 g/mol. The lowest BCUT2D eigenvalue weighted by molar-refractivity contribution is -0.138. The summed E-state index contributed by atoms with van der Waals surface area (Å²) in [4.78, 5) is 12.8. The maximum Gasteiger partial charge on any atom is 0.312 e. The Morgan fingerprint density at radius 1 is 1.40 bits per heavy atom. The molecule has 0 saturated carbocycles. The first-order valence-electron chi connectivity index (χ1n) is 4.76. The summed E-state index contributed by atoms with van der Waals surface area (Å²) in [7, 11) is 3.87. The highest BCUT2D eigenvalue weighted by Crippen LogP contribution is 2.19. The van der Waals surface area contributed by atoms with E-state index in [0.29, 0.717) is 0 Å². The van der Waals surface area contributed by atoms with Crippen molar-refractivity contribution in [2.45, 2.75) is 5.92 Å². The van der Waals surface area contributed by atoms with Gasteiger partial charge in [0.2, 0.25) is 0 Å². The van der Waals surface area contributed by atoms with Crippen LogP contribution >= 0.6 is 0 Å². The van der Waals surface area contributed by atoms with Gasteiger partial charge in [-0.3, -0.25) is 4.79 Å². The van der Waals surface area contributed by atoms with Crippen molar-refractivity contribution in [3.8, 4) is 0 Å². The van der Waals surface area contributed by atoms with Gasteiger partial charge in [-0.25, -0.2) is 0 Å². The molecule has 1 rings (SSSR count). The van der Waals surface area contributed by atoms with Crippen LogP contribution in [0.4, 0.5) is 5.69 Å². The van der Waals surface area contributed by atoms with Crippen LogP contribution in [0.25, 0.3) is 0 Å². The summed E-state index contributed by atoms with van der Waals surface area (Å²) in [6.07, 6.45) is 0. The lowest BCUT2D eigenvalue weighted by Gasteiger charge is -2.14. The van der Waals surface area contributed by atoms with E-state index in [1.54, 1.807) is 12.1 Å². The molecule has 1 aromatic carbocycles. The molecule has 0 amide bonds. The molecule has 0 radical (unpaired) electrons. The van der Waals surface area contributed by atoms with Gasteiger partial charge in [-0.05, 0) is 17.7 Å². The average molecular weight is 208 g/mol. The second kappa shape index (κ2) is 4.79. The van der Waals surface area contributed by atoms with E-state index in [9.17, 15) is 4.79 Å². The number of hydrogen-bond acceptors (Lipinski definition) is 3. The van der Waals surface area contributed by atoms with Crippen LogP contribution in [0.5, 0.6) is 0 Å². The molecule has 0 fully saturated rings. The number of hydrogen-bond donors (Lipinski definition) is 2. The molecule has 3 N–H and O–H groups in total. The van der Waals surface area contributed by atoms with E-state index in [-0.39, 0.29) is 6.54 Å². The second-order valence-corrected chi connectivity index (χ2v) is 3.61. The SMILES string of the molecule is CN(C)c1ccc(C(CN)C(=O)O)cc1. The number of carboxylic acid groups (broad SMARTS) is 1. The van der Waals surface area contributed by atoms with E-state index in [2.05, 4.69) is 0 Å². The number of carbonyl (C=O) groups is 1. The van der Waals surface area contributed by atoms with Gasteiger partial charge < -0.3 is 15.7 Å². The number of nitrogens with two attached hydrogens (primary N) is 1. The summed E-state index contributed by atoms with van der Waals surface area (Å²) in [5, 5.41) is 8.91. The standard InChI is InChI=1S/C11H16N2O2/c1-13(2)9-5-3-8(4-6-9)10(7-12)11(14)15/h3-6,10H,7,12H2,1-2H3,(H,14,15). The van der Waals surface area contributed by atoms with Crippen molar-refractivity contribution in [2.24, 2.45) is 5.73 Å². The molecular formula is C11H16N2O2. The minimum absolute atomic E-state index is 0.122. The van der Waals surface area contributed by atoms with Gasteiger partial charge in [0.05, 0.1) is 5.92 Å². The highest BCUT2D eigenvalue weighted by Gasteiger charge is 2.17. The third-order valence-electron chi connectivity index (χ3n) is 2.35. The summed E-state index contributed by atoms with van der Waals surface area (Å²) in [6.45, 7) is 0.122. The average Bonchev–Trinajstić information content (AvgIpc) is 2.19. The molecule has 0 spiro atoms. The van der Waals surface area contributed by atoms with Gasteiger partial charge in [0.15, 0.2) is 0 Å². The second-order valence-electron chi connectivity index (χ2n) is 3.61. The molecular weight excluding hydrogens is 192 g/mol. The number of benzene rings is 1. The Morgan fingerprint density at radius 3 is 2.27 bits per heavy atom. The fourth-order valence-electron chi connectivity index (χ4n) is 1.38. The number of carboxylic acids is 1. The molecule has 4 nitrogen and oxygen atoms in total. The predicted octanol–water partition coefficient (Wildman–Crippen LogP) is 0.879. The van der Waals surface area contributed by atoms with Crippen LogP contribution in [-0.2, 0) is 4.79 Å². The lowest BCUT2D eigenvalue weighted by atomic mass is 9.99. The lowest BCUT2D eigenvalue weighted by Crippen LogP contribution is -2.21. The predicted molar refractivity (Wildman–Crippen MR) is 60.2 cm³/mol. The fourth-order valence-corrected chi connectivity index (χ4v) is 1.38. The van der Waals surface area contributed by atoms with Crippen molar-refractivity contribution < 1.29 is 9.90 Å². The highest BCUT2D eigenvalue weighted by molar-refractivity contribution is 5.76. The first-order valence-corrected chi connectivity index (χ1v) is 4.76. The summed E-state index contributed by atoms with van der Waals surface area (Å²) in [5.41, 5.74) is 7.20. The minimum atomic E-state index is -0.880. The Labute approximate surface area is 89.3 Å². The summed E-state index contributed by atoms with van der Waals surface area (Å²) in [5.74, 6) is -1.49. The zero-order chi connectivity index (χ0) is 11.4. The van der Waals surface area contributed by atoms with Crippen LogP contribution in [0.1, 0.15) is 11.5 Å². The van der Waals surface area contributed by atoms with Crippen molar-refractivity contribution in [1.82, 2.24) is 0 Å². The smallest absolute Gasteiger partial charge is 0.312 e. The van der Waals surface area contributed by atoms with Crippen molar-refractivity contribution in [2.75, 3.05) is 25.5 Å². The van der Waals surface area contributed by atoms with E-state index in [1.807, 2.05) is 31.1 Å². The molecule has 0 aliphatic carbocycles. The zero-order valence-electron chi connectivity index (χ0n) is 8.97. The molecule has 82 valence electrons. The fraction of sp³-hybridized carbons (Fsp3) is 0.364. The van der Waals surface area contributed by atoms with Gasteiger partial charge in [0.1, 0.15) is 0 Å². The molecule has 1 aromatic rings. The number of rotatable bonds is 4. The van der Waals surface area contributed by atoms with Crippen LogP contribution in [0, 0.1) is 0 Å². The normalized spacial score (nSPS) is 12.2. The molecule has 0 aliphatic heterocycles. The van der Waals surface area contributed by atoms with Gasteiger partial charge in [-0.15, -0.1) is 0 Å². The zero-order valence-corrected chi connectivity index (χ0v) is 8.97. The van der Waals surface area contributed by atoms with E-state index < -0.39 is 11.9 Å². The van der Waals surface area contributed by atoms with E-state index in [4.69, 9.17) is 10.8 Å². The summed E-state index contributed by atoms with van der Waals surface area (Å²) in [6, 6.07) is 7.39. The van der Waals surface area contributed by atoms with Crippen molar-refractivity contribution in [1.29, 1.82) is 0 Å². The van der Waals surface area contributed by atoms with Crippen LogP contribution in [0.2, 0.25) is 0 Å². The number of anilines is 1. The van der Waals surface area contributed by atoms with E-state index >= 15 is 0 Å². The molecule has 0 aliphatic rings. The van der Waals surface area contributed by atoms with E-state index in [1.165, 1.54) is 0 Å². The molecule has 0 bridgehead atoms. The quantitative estimate of drug-likeness (QED) is 0.770. The van der Waals surface area contributed by atoms with Gasteiger partial charge >= 0.3 is 5.97 Å². The molecule has 1 unspecified atom stereocenters. The number of nitrogens with zero attached hydrogens (tertiary/aromatic N) is 1. The van der Waals surface area contributed by atoms with Gasteiger partial charge in [-0.2, -0.15) is 0 Å². The van der Waals surface area contributed by atoms with Crippen LogP contribution < -0.4 is 10.6 Å². The third kappa shape index (κ3) is 2.70. The Balaban J connectivity index is 2.92.